The molecule has 0 aliphatic rings. The van der Waals surface area contributed by atoms with E-state index in [2.05, 4.69) is 11.1 Å². The van der Waals surface area contributed by atoms with Crippen LogP contribution in [0.25, 0.3) is 10.9 Å². The molecule has 0 spiro atoms. The molecule has 0 fully saturated rings. The van der Waals surface area contributed by atoms with Gasteiger partial charge in [0.1, 0.15) is 12.4 Å². The van der Waals surface area contributed by atoms with Crippen molar-refractivity contribution in [1.29, 1.82) is 5.26 Å². The van der Waals surface area contributed by atoms with E-state index in [1.54, 1.807) is 24.3 Å². The van der Waals surface area contributed by atoms with Gasteiger partial charge in [-0.3, -0.25) is 4.98 Å². The van der Waals surface area contributed by atoms with Crippen LogP contribution in [-0.2, 0) is 6.61 Å². The summed E-state index contributed by atoms with van der Waals surface area (Å²) in [5.74, 6) is 0.731. The van der Waals surface area contributed by atoms with E-state index >= 15 is 0 Å². The van der Waals surface area contributed by atoms with Crippen molar-refractivity contribution in [3.05, 3.63) is 70.4 Å². The molecule has 0 N–H and O–H groups in total. The fourth-order valence-corrected chi connectivity index (χ4v) is 2.55. The second-order valence-electron chi connectivity index (χ2n) is 5.02. The monoisotopic (exact) mass is 332 g/mol. The van der Waals surface area contributed by atoms with Crippen LogP contribution < -0.4 is 4.74 Å². The summed E-state index contributed by atoms with van der Waals surface area (Å²) in [6.45, 7) is 2.36. The topological polar surface area (TPSA) is 45.9 Å². The maximum absolute atomic E-state index is 8.77. The SMILES string of the molecule is Cc1cc(Cl)c2ccc(COc3ccc(C#N)cc3)cc2n1.[NaH]. The molecule has 0 aliphatic carbocycles. The van der Waals surface area contributed by atoms with Gasteiger partial charge in [0, 0.05) is 11.1 Å². The van der Waals surface area contributed by atoms with Crippen molar-refractivity contribution >= 4 is 52.1 Å². The van der Waals surface area contributed by atoms with Crippen molar-refractivity contribution in [1.82, 2.24) is 4.98 Å². The van der Waals surface area contributed by atoms with Crippen molar-refractivity contribution in [2.45, 2.75) is 13.5 Å². The second-order valence-corrected chi connectivity index (χ2v) is 5.43. The Balaban J connectivity index is 0.00000192. The summed E-state index contributed by atoms with van der Waals surface area (Å²) in [4.78, 5) is 4.50. The molecule has 23 heavy (non-hydrogen) atoms. The first-order valence-electron chi connectivity index (χ1n) is 6.84. The first-order chi connectivity index (χ1) is 10.7. The summed E-state index contributed by atoms with van der Waals surface area (Å²) in [6.07, 6.45) is 0. The van der Waals surface area contributed by atoms with Gasteiger partial charge in [-0.2, -0.15) is 5.26 Å². The molecule has 0 amide bonds. The third kappa shape index (κ3) is 4.25. The molecule has 0 atom stereocenters. The third-order valence-electron chi connectivity index (χ3n) is 3.34. The van der Waals surface area contributed by atoms with E-state index < -0.39 is 0 Å². The first kappa shape index (κ1) is 17.8. The molecule has 0 radical (unpaired) electrons. The number of hydrogen-bond acceptors (Lipinski definition) is 3. The van der Waals surface area contributed by atoms with Gasteiger partial charge in [-0.05, 0) is 48.9 Å². The van der Waals surface area contributed by atoms with E-state index in [0.717, 1.165) is 27.9 Å². The Bertz CT molecular complexity index is 873. The van der Waals surface area contributed by atoms with Gasteiger partial charge in [-0.1, -0.05) is 23.7 Å². The van der Waals surface area contributed by atoms with Gasteiger partial charge in [-0.25, -0.2) is 0 Å². The molecular weight excluding hydrogens is 319 g/mol. The third-order valence-corrected chi connectivity index (χ3v) is 3.65. The fourth-order valence-electron chi connectivity index (χ4n) is 2.24. The van der Waals surface area contributed by atoms with E-state index in [-0.39, 0.29) is 29.6 Å². The fraction of sp³-hybridized carbons (Fsp3) is 0.111. The number of fused-ring (bicyclic) bond motifs is 1. The van der Waals surface area contributed by atoms with Gasteiger partial charge in [0.05, 0.1) is 22.2 Å². The predicted octanol–water partition coefficient (Wildman–Crippen LogP) is 4.00. The number of nitrogens with zero attached hydrogens (tertiary/aromatic N) is 2. The number of benzene rings is 2. The molecule has 5 heteroatoms. The molecule has 3 nitrogen and oxygen atoms in total. The molecule has 0 bridgehead atoms. The number of ether oxygens (including phenoxy) is 1. The van der Waals surface area contributed by atoms with Gasteiger partial charge in [0.25, 0.3) is 0 Å². The molecule has 1 aromatic heterocycles. The standard InChI is InChI=1S/C18H13ClN2O.Na.H/c1-12-8-17(19)16-7-4-14(9-18(16)21-12)11-22-15-5-2-13(10-20)3-6-15;;/h2-9H,11H2,1H3;;. The van der Waals surface area contributed by atoms with Crippen LogP contribution in [0.3, 0.4) is 0 Å². The van der Waals surface area contributed by atoms with Gasteiger partial charge in [0.15, 0.2) is 0 Å². The average Bonchev–Trinajstić information content (AvgIpc) is 2.53. The molecule has 1 heterocycles. The minimum atomic E-state index is 0. The normalized spacial score (nSPS) is 9.96. The van der Waals surface area contributed by atoms with Crippen molar-refractivity contribution in [2.75, 3.05) is 0 Å². The zero-order chi connectivity index (χ0) is 15.5. The Morgan fingerprint density at radius 1 is 1.13 bits per heavy atom. The molecule has 3 rings (SSSR count). The molecule has 0 saturated heterocycles. The molecule has 0 saturated carbocycles. The second kappa shape index (κ2) is 7.81. The number of halogens is 1. The predicted molar refractivity (Wildman–Crippen MR) is 94.1 cm³/mol. The molecule has 0 unspecified atom stereocenters. The van der Waals surface area contributed by atoms with E-state index in [0.29, 0.717) is 17.2 Å². The van der Waals surface area contributed by atoms with Crippen LogP contribution in [-0.4, -0.2) is 34.5 Å². The van der Waals surface area contributed by atoms with Crippen molar-refractivity contribution < 1.29 is 4.74 Å². The van der Waals surface area contributed by atoms with Crippen LogP contribution in [0.15, 0.2) is 48.5 Å². The molecule has 0 aliphatic heterocycles. The number of nitriles is 1. The Kier molecular flexibility index (Phi) is 6.04. The summed E-state index contributed by atoms with van der Waals surface area (Å²) >= 11 is 6.22. The Hall–Kier alpha value is -1.57. The zero-order valence-electron chi connectivity index (χ0n) is 12.0. The zero-order valence-corrected chi connectivity index (χ0v) is 12.8. The number of hydrogen-bond donors (Lipinski definition) is 0. The van der Waals surface area contributed by atoms with E-state index in [1.165, 1.54) is 0 Å². The average molecular weight is 333 g/mol. The maximum atomic E-state index is 8.77. The van der Waals surface area contributed by atoms with Crippen molar-refractivity contribution in [3.63, 3.8) is 0 Å². The molecular formula is C18H14ClN2NaO. The van der Waals surface area contributed by atoms with Crippen LogP contribution >= 0.6 is 11.6 Å². The number of aromatic nitrogens is 1. The number of pyridine rings is 1. The van der Waals surface area contributed by atoms with Gasteiger partial charge >= 0.3 is 29.6 Å². The van der Waals surface area contributed by atoms with Gasteiger partial charge in [-0.15, -0.1) is 0 Å². The Morgan fingerprint density at radius 3 is 2.57 bits per heavy atom. The minimum absolute atomic E-state index is 0. The van der Waals surface area contributed by atoms with Crippen molar-refractivity contribution in [3.8, 4) is 11.8 Å². The van der Waals surface area contributed by atoms with Crippen LogP contribution in [0.5, 0.6) is 5.75 Å². The van der Waals surface area contributed by atoms with E-state index in [9.17, 15) is 0 Å². The van der Waals surface area contributed by atoms with Crippen LogP contribution in [0.4, 0.5) is 0 Å². The summed E-state index contributed by atoms with van der Waals surface area (Å²) in [6, 6.07) is 16.9. The van der Waals surface area contributed by atoms with Gasteiger partial charge < -0.3 is 4.74 Å². The molecule has 2 aromatic carbocycles. The van der Waals surface area contributed by atoms with Crippen LogP contribution in [0.2, 0.25) is 5.02 Å². The van der Waals surface area contributed by atoms with Crippen LogP contribution in [0.1, 0.15) is 16.8 Å². The Morgan fingerprint density at radius 2 is 1.87 bits per heavy atom. The summed E-state index contributed by atoms with van der Waals surface area (Å²) < 4.78 is 5.73. The van der Waals surface area contributed by atoms with Crippen molar-refractivity contribution in [2.24, 2.45) is 0 Å². The molecule has 3 aromatic rings. The summed E-state index contributed by atoms with van der Waals surface area (Å²) in [7, 11) is 0. The summed E-state index contributed by atoms with van der Waals surface area (Å²) in [5.41, 5.74) is 3.40. The summed E-state index contributed by atoms with van der Waals surface area (Å²) in [5, 5.41) is 10.4. The molecule has 110 valence electrons. The Labute approximate surface area is 162 Å². The number of rotatable bonds is 3. The number of aryl methyl sites for hydroxylation is 1. The first-order valence-corrected chi connectivity index (χ1v) is 7.22. The van der Waals surface area contributed by atoms with Gasteiger partial charge in [0.2, 0.25) is 0 Å². The quantitative estimate of drug-likeness (QED) is 0.681. The van der Waals surface area contributed by atoms with E-state index in [4.69, 9.17) is 21.6 Å². The van der Waals surface area contributed by atoms with E-state index in [1.807, 2.05) is 31.2 Å². The van der Waals surface area contributed by atoms with Crippen LogP contribution in [0, 0.1) is 18.3 Å².